The monoisotopic (exact) mass is 369 g/mol. The van der Waals surface area contributed by atoms with E-state index in [0.717, 1.165) is 11.6 Å². The molecule has 1 aliphatic heterocycles. The van der Waals surface area contributed by atoms with Crippen LogP contribution in [0.4, 0.5) is 11.4 Å². The van der Waals surface area contributed by atoms with Gasteiger partial charge < -0.3 is 5.21 Å². The van der Waals surface area contributed by atoms with E-state index in [4.69, 9.17) is 0 Å². The highest BCUT2D eigenvalue weighted by Gasteiger charge is 2.47. The molecule has 3 aliphatic rings. The Morgan fingerprint density at radius 2 is 1.74 bits per heavy atom. The summed E-state index contributed by atoms with van der Waals surface area (Å²) in [6.07, 6.45) is 3.16. The summed E-state index contributed by atoms with van der Waals surface area (Å²) in [6, 6.07) is 5.19. The maximum absolute atomic E-state index is 13.6. The van der Waals surface area contributed by atoms with Crippen molar-refractivity contribution in [1.29, 1.82) is 0 Å². The van der Waals surface area contributed by atoms with Crippen LogP contribution in [0, 0.1) is 25.4 Å². The molecule has 0 bridgehead atoms. The number of hydrogen-bond acceptors (Lipinski definition) is 6. The predicted molar refractivity (Wildman–Crippen MR) is 95.5 cm³/mol. The molecule has 9 nitrogen and oxygen atoms in total. The maximum atomic E-state index is 13.6. The van der Waals surface area contributed by atoms with Crippen LogP contribution in [0.5, 0.6) is 0 Å². The van der Waals surface area contributed by atoms with E-state index in [1.54, 1.807) is 0 Å². The molecule has 0 aromatic heterocycles. The first-order valence-corrected chi connectivity index (χ1v) is 8.51. The highest BCUT2D eigenvalue weighted by Crippen LogP contribution is 2.49. The van der Waals surface area contributed by atoms with Gasteiger partial charge in [0.05, 0.1) is 22.3 Å². The number of nitro benzene ring substituents is 1. The summed E-state index contributed by atoms with van der Waals surface area (Å²) in [4.78, 5) is 33.8. The zero-order valence-corrected chi connectivity index (χ0v) is 14.2. The van der Waals surface area contributed by atoms with Crippen LogP contribution >= 0.6 is 0 Å². The average Bonchev–Trinajstić information content (AvgIpc) is 2.93. The van der Waals surface area contributed by atoms with Crippen LogP contribution < -0.4 is 4.65 Å². The lowest BCUT2D eigenvalue weighted by Crippen LogP contribution is -2.44. The lowest BCUT2D eigenvalue weighted by atomic mass is 9.82. The molecule has 1 amide bonds. The molecular formula is C18H15N3O6. The second-order valence-corrected chi connectivity index (χ2v) is 6.79. The number of quaternary nitrogens is 1. The lowest BCUT2D eigenvalue weighted by molar-refractivity contribution is -0.428. The van der Waals surface area contributed by atoms with E-state index in [1.165, 1.54) is 24.3 Å². The molecule has 0 spiro atoms. The van der Waals surface area contributed by atoms with Crippen LogP contribution in [0.1, 0.15) is 32.1 Å². The van der Waals surface area contributed by atoms with Crippen LogP contribution in [0.3, 0.4) is 0 Å². The molecule has 1 aromatic carbocycles. The summed E-state index contributed by atoms with van der Waals surface area (Å²) < 4.78 is -1.35. The SMILES string of the molecule is O=C1CC2=C(CCC3=C2C=C([N+](=O)[O-])CC3)[N+]1([O-])c1cccc([N+](=O)[O-])c1. The summed E-state index contributed by atoms with van der Waals surface area (Å²) in [6.45, 7) is 0. The average molecular weight is 369 g/mol. The number of nitro groups is 2. The molecule has 27 heavy (non-hydrogen) atoms. The summed E-state index contributed by atoms with van der Waals surface area (Å²) in [5.74, 6) is -0.629. The van der Waals surface area contributed by atoms with Gasteiger partial charge in [0.15, 0.2) is 5.69 Å². The molecule has 0 radical (unpaired) electrons. The number of benzene rings is 1. The highest BCUT2D eigenvalue weighted by atomic mass is 16.6. The topological polar surface area (TPSA) is 126 Å². The van der Waals surface area contributed by atoms with Crippen LogP contribution in [0.2, 0.25) is 0 Å². The second-order valence-electron chi connectivity index (χ2n) is 6.79. The Kier molecular flexibility index (Phi) is 3.79. The van der Waals surface area contributed by atoms with Crippen molar-refractivity contribution in [1.82, 2.24) is 4.65 Å². The standard InChI is InChI=1S/C18H15N3O6/c22-18-10-16-15-9-13(20(25)26)6-4-11(15)5-7-17(16)21(18,27)14-3-1-2-12(8-14)19(23)24/h1-3,8-9H,4-7,10H2. The van der Waals surface area contributed by atoms with Crippen molar-refractivity contribution in [2.24, 2.45) is 0 Å². The van der Waals surface area contributed by atoms with Gasteiger partial charge in [0.1, 0.15) is 5.70 Å². The van der Waals surface area contributed by atoms with Crippen LogP contribution in [0.15, 0.2) is 58.5 Å². The molecule has 138 valence electrons. The van der Waals surface area contributed by atoms with E-state index in [1.807, 2.05) is 0 Å². The van der Waals surface area contributed by atoms with Crippen molar-refractivity contribution in [3.05, 3.63) is 83.9 Å². The molecule has 2 aliphatic carbocycles. The molecule has 0 N–H and O–H groups in total. The molecule has 1 heterocycles. The van der Waals surface area contributed by atoms with Gasteiger partial charge in [-0.1, -0.05) is 5.57 Å². The van der Waals surface area contributed by atoms with Crippen molar-refractivity contribution in [2.45, 2.75) is 32.1 Å². The lowest BCUT2D eigenvalue weighted by Gasteiger charge is -2.38. The fraction of sp³-hybridized carbons (Fsp3) is 0.278. The third-order valence-corrected chi connectivity index (χ3v) is 5.41. The Hall–Kier alpha value is -3.17. The number of carbonyl (C=O) groups excluding carboxylic acids is 1. The van der Waals surface area contributed by atoms with Gasteiger partial charge in [-0.2, -0.15) is 0 Å². The molecule has 9 heteroatoms. The Balaban J connectivity index is 1.85. The smallest absolute Gasteiger partial charge is 0.328 e. The minimum atomic E-state index is -1.35. The first-order valence-electron chi connectivity index (χ1n) is 8.51. The van der Waals surface area contributed by atoms with Crippen molar-refractivity contribution in [2.75, 3.05) is 0 Å². The largest absolute Gasteiger partial charge is 0.614 e. The summed E-state index contributed by atoms with van der Waals surface area (Å²) in [5, 5.41) is 35.8. The molecule has 1 unspecified atom stereocenters. The van der Waals surface area contributed by atoms with Gasteiger partial charge in [0.2, 0.25) is 5.70 Å². The molecule has 0 saturated heterocycles. The summed E-state index contributed by atoms with van der Waals surface area (Å²) >= 11 is 0. The molecular weight excluding hydrogens is 354 g/mol. The van der Waals surface area contributed by atoms with Crippen molar-refractivity contribution in [3.63, 3.8) is 0 Å². The minimum absolute atomic E-state index is 0.00228. The number of allylic oxidation sites excluding steroid dienone is 5. The molecule has 4 rings (SSSR count). The molecule has 1 aromatic rings. The number of hydroxylamine groups is 2. The number of amides is 1. The van der Waals surface area contributed by atoms with E-state index in [2.05, 4.69) is 0 Å². The molecule has 0 fully saturated rings. The van der Waals surface area contributed by atoms with Crippen molar-refractivity contribution >= 4 is 17.3 Å². The van der Waals surface area contributed by atoms with E-state index in [-0.39, 0.29) is 23.5 Å². The number of rotatable bonds is 3. The minimum Gasteiger partial charge on any atom is -0.614 e. The third-order valence-electron chi connectivity index (χ3n) is 5.41. The quantitative estimate of drug-likeness (QED) is 0.346. The van der Waals surface area contributed by atoms with E-state index < -0.39 is 20.4 Å². The van der Waals surface area contributed by atoms with E-state index >= 15 is 0 Å². The van der Waals surface area contributed by atoms with Gasteiger partial charge in [0, 0.05) is 36.6 Å². The van der Waals surface area contributed by atoms with Gasteiger partial charge >= 0.3 is 5.91 Å². The number of nitrogens with zero attached hydrogens (tertiary/aromatic N) is 3. The number of non-ortho nitro benzene ring substituents is 1. The van der Waals surface area contributed by atoms with Crippen LogP contribution in [-0.4, -0.2) is 15.8 Å². The van der Waals surface area contributed by atoms with Gasteiger partial charge in [-0.25, -0.2) is 9.44 Å². The number of carbonyl (C=O) groups is 1. The first-order chi connectivity index (χ1) is 12.8. The van der Waals surface area contributed by atoms with Gasteiger partial charge in [-0.3, -0.25) is 20.2 Å². The van der Waals surface area contributed by atoms with Crippen molar-refractivity contribution in [3.8, 4) is 0 Å². The first kappa shape index (κ1) is 17.3. The zero-order valence-electron chi connectivity index (χ0n) is 14.2. The van der Waals surface area contributed by atoms with Crippen molar-refractivity contribution < 1.29 is 14.6 Å². The van der Waals surface area contributed by atoms with E-state index in [9.17, 15) is 30.2 Å². The molecule has 1 atom stereocenters. The number of fused-ring (bicyclic) bond motifs is 1. The molecule has 0 saturated carbocycles. The van der Waals surface area contributed by atoms with E-state index in [0.29, 0.717) is 42.5 Å². The third kappa shape index (κ3) is 2.51. The van der Waals surface area contributed by atoms with Crippen LogP contribution in [-0.2, 0) is 4.79 Å². The second kappa shape index (κ2) is 5.93. The Labute approximate surface area is 153 Å². The highest BCUT2D eigenvalue weighted by molar-refractivity contribution is 5.98. The predicted octanol–water partition coefficient (Wildman–Crippen LogP) is 3.63. The van der Waals surface area contributed by atoms with Gasteiger partial charge in [-0.15, -0.1) is 0 Å². The van der Waals surface area contributed by atoms with Gasteiger partial charge in [0.25, 0.3) is 5.69 Å². The Bertz CT molecular complexity index is 1010. The Morgan fingerprint density at radius 3 is 2.44 bits per heavy atom. The summed E-state index contributed by atoms with van der Waals surface area (Å²) in [5.41, 5.74) is 2.34. The number of hydrogen-bond donors (Lipinski definition) is 0. The van der Waals surface area contributed by atoms with Gasteiger partial charge in [-0.05, 0) is 24.5 Å². The van der Waals surface area contributed by atoms with Crippen LogP contribution in [0.25, 0.3) is 0 Å². The normalized spacial score (nSPS) is 24.5. The Morgan fingerprint density at radius 1 is 1.00 bits per heavy atom. The fourth-order valence-electron chi connectivity index (χ4n) is 4.09. The zero-order chi connectivity index (χ0) is 19.3. The fourth-order valence-corrected chi connectivity index (χ4v) is 4.09. The summed E-state index contributed by atoms with van der Waals surface area (Å²) in [7, 11) is 0. The maximum Gasteiger partial charge on any atom is 0.328 e.